The van der Waals surface area contributed by atoms with E-state index >= 15 is 0 Å². The first-order chi connectivity index (χ1) is 8.21. The summed E-state index contributed by atoms with van der Waals surface area (Å²) in [5, 5.41) is 10.5. The molecule has 0 saturated heterocycles. The van der Waals surface area contributed by atoms with Crippen molar-refractivity contribution >= 4 is 37.5 Å². The maximum atomic E-state index is 12.2. The Morgan fingerprint density at radius 3 is 2.56 bits per heavy atom. The molecule has 0 heterocycles. The van der Waals surface area contributed by atoms with Crippen LogP contribution in [0.15, 0.2) is 22.7 Å². The van der Waals surface area contributed by atoms with Crippen LogP contribution in [-0.2, 0) is 0 Å². The minimum Gasteiger partial charge on any atom is -0.491 e. The molecule has 1 aromatic carbocycles. The number of benzene rings is 1. The molecule has 1 atom stereocenters. The number of nitro benzene ring substituents is 1. The summed E-state index contributed by atoms with van der Waals surface area (Å²) < 4.78 is 41.9. The molecule has 0 aliphatic carbocycles. The molecule has 4 nitrogen and oxygen atoms in total. The quantitative estimate of drug-likeness (QED) is 0.441. The van der Waals surface area contributed by atoms with Crippen LogP contribution < -0.4 is 4.74 Å². The third kappa shape index (κ3) is 4.13. The molecule has 0 radical (unpaired) electrons. The summed E-state index contributed by atoms with van der Waals surface area (Å²) in [6.07, 6.45) is -4.44. The molecule has 1 rings (SSSR count). The van der Waals surface area contributed by atoms with Gasteiger partial charge in [-0.15, -0.1) is 0 Å². The van der Waals surface area contributed by atoms with E-state index in [1.165, 1.54) is 12.1 Å². The van der Waals surface area contributed by atoms with Crippen LogP contribution in [0.4, 0.5) is 18.9 Å². The van der Waals surface area contributed by atoms with Crippen molar-refractivity contribution < 1.29 is 22.8 Å². The van der Waals surface area contributed by atoms with E-state index < -0.39 is 22.5 Å². The minimum atomic E-state index is -4.44. The summed E-state index contributed by atoms with van der Waals surface area (Å²) >= 11 is 5.46. The Balaban J connectivity index is 2.78. The lowest BCUT2D eigenvalue weighted by molar-refractivity contribution is -0.385. The van der Waals surface area contributed by atoms with Crippen molar-refractivity contribution in [2.24, 2.45) is 0 Å². The summed E-state index contributed by atoms with van der Waals surface area (Å²) in [5.74, 6) is -0.0158. The largest absolute Gasteiger partial charge is 0.491 e. The van der Waals surface area contributed by atoms with Gasteiger partial charge in [0.25, 0.3) is 5.69 Å². The van der Waals surface area contributed by atoms with E-state index in [0.717, 1.165) is 6.07 Å². The highest BCUT2D eigenvalue weighted by Crippen LogP contribution is 2.31. The van der Waals surface area contributed by atoms with E-state index in [1.807, 2.05) is 0 Å². The van der Waals surface area contributed by atoms with Crippen molar-refractivity contribution in [1.29, 1.82) is 0 Å². The highest BCUT2D eigenvalue weighted by Gasteiger charge is 2.38. The van der Waals surface area contributed by atoms with Gasteiger partial charge in [-0.05, 0) is 22.0 Å². The average molecular weight is 393 g/mol. The lowest BCUT2D eigenvalue weighted by Gasteiger charge is -2.15. The molecular weight excluding hydrogens is 387 g/mol. The highest BCUT2D eigenvalue weighted by atomic mass is 79.9. The SMILES string of the molecule is O=[N+]([O-])c1ccc(Br)c(OCC(Br)C(F)(F)F)c1. The van der Waals surface area contributed by atoms with Gasteiger partial charge in [-0.1, -0.05) is 15.9 Å². The molecule has 18 heavy (non-hydrogen) atoms. The molecule has 9 heteroatoms. The zero-order valence-corrected chi connectivity index (χ0v) is 11.8. The molecule has 0 spiro atoms. The zero-order chi connectivity index (χ0) is 13.9. The molecular formula is C9H6Br2F3NO3. The fraction of sp³-hybridized carbons (Fsp3) is 0.333. The second-order valence-electron chi connectivity index (χ2n) is 3.19. The van der Waals surface area contributed by atoms with Gasteiger partial charge in [0.1, 0.15) is 17.2 Å². The third-order valence-corrected chi connectivity index (χ3v) is 3.30. The minimum absolute atomic E-state index is 0.0158. The lowest BCUT2D eigenvalue weighted by atomic mass is 10.3. The van der Waals surface area contributed by atoms with Crippen LogP contribution in [0.5, 0.6) is 5.75 Å². The number of nitrogens with zero attached hydrogens (tertiary/aromatic N) is 1. The fourth-order valence-corrected chi connectivity index (χ4v) is 1.47. The second-order valence-corrected chi connectivity index (χ2v) is 5.15. The number of hydrogen-bond donors (Lipinski definition) is 0. The normalized spacial score (nSPS) is 13.2. The Hall–Kier alpha value is -0.830. The first-order valence-corrected chi connectivity index (χ1v) is 6.20. The zero-order valence-electron chi connectivity index (χ0n) is 8.58. The number of rotatable bonds is 4. The van der Waals surface area contributed by atoms with Gasteiger partial charge in [0.2, 0.25) is 0 Å². The Bertz CT molecular complexity index is 453. The molecule has 0 aromatic heterocycles. The molecule has 0 aliphatic rings. The molecule has 0 saturated carbocycles. The summed E-state index contributed by atoms with van der Waals surface area (Å²) in [6.45, 7) is -0.677. The van der Waals surface area contributed by atoms with E-state index in [0.29, 0.717) is 4.47 Å². The summed E-state index contributed by atoms with van der Waals surface area (Å²) in [5.41, 5.74) is -0.258. The van der Waals surface area contributed by atoms with Gasteiger partial charge >= 0.3 is 6.18 Å². The van der Waals surface area contributed by atoms with E-state index in [-0.39, 0.29) is 11.4 Å². The fourth-order valence-electron chi connectivity index (χ4n) is 0.974. The van der Waals surface area contributed by atoms with Crippen LogP contribution in [0.2, 0.25) is 0 Å². The maximum Gasteiger partial charge on any atom is 0.404 e. The van der Waals surface area contributed by atoms with Gasteiger partial charge < -0.3 is 4.74 Å². The van der Waals surface area contributed by atoms with Gasteiger partial charge in [-0.2, -0.15) is 13.2 Å². The Kier molecular flexibility index (Phi) is 4.97. The number of nitro groups is 1. The van der Waals surface area contributed by atoms with Crippen molar-refractivity contribution in [3.05, 3.63) is 32.8 Å². The lowest BCUT2D eigenvalue weighted by Crippen LogP contribution is -2.28. The van der Waals surface area contributed by atoms with Gasteiger partial charge in [-0.25, -0.2) is 0 Å². The number of halogens is 5. The number of hydrogen-bond acceptors (Lipinski definition) is 3. The smallest absolute Gasteiger partial charge is 0.404 e. The number of alkyl halides is 4. The van der Waals surface area contributed by atoms with Crippen molar-refractivity contribution in [2.75, 3.05) is 6.61 Å². The molecule has 0 bridgehead atoms. The topological polar surface area (TPSA) is 52.4 Å². The average Bonchev–Trinajstić information content (AvgIpc) is 2.25. The van der Waals surface area contributed by atoms with Crippen LogP contribution in [-0.4, -0.2) is 22.5 Å². The Morgan fingerprint density at radius 2 is 2.06 bits per heavy atom. The van der Waals surface area contributed by atoms with Gasteiger partial charge in [0.05, 0.1) is 15.5 Å². The number of non-ortho nitro benzene ring substituents is 1. The van der Waals surface area contributed by atoms with Crippen LogP contribution in [0.1, 0.15) is 0 Å². The van der Waals surface area contributed by atoms with E-state index in [4.69, 9.17) is 4.74 Å². The summed E-state index contributed by atoms with van der Waals surface area (Å²) in [4.78, 5) is 8.01. The highest BCUT2D eigenvalue weighted by molar-refractivity contribution is 9.10. The molecule has 0 fully saturated rings. The molecule has 100 valence electrons. The van der Waals surface area contributed by atoms with Crippen LogP contribution in [0.25, 0.3) is 0 Å². The molecule has 0 amide bonds. The molecule has 0 N–H and O–H groups in total. The Labute approximate surface area is 117 Å². The third-order valence-electron chi connectivity index (χ3n) is 1.87. The van der Waals surface area contributed by atoms with Crippen molar-refractivity contribution in [3.63, 3.8) is 0 Å². The van der Waals surface area contributed by atoms with Gasteiger partial charge in [0, 0.05) is 6.07 Å². The van der Waals surface area contributed by atoms with Crippen LogP contribution in [0.3, 0.4) is 0 Å². The summed E-state index contributed by atoms with van der Waals surface area (Å²) in [6, 6.07) is 3.61. The molecule has 1 unspecified atom stereocenters. The maximum absolute atomic E-state index is 12.2. The summed E-state index contributed by atoms with van der Waals surface area (Å²) in [7, 11) is 0. The Morgan fingerprint density at radius 1 is 1.44 bits per heavy atom. The second kappa shape index (κ2) is 5.87. The van der Waals surface area contributed by atoms with Gasteiger partial charge in [0.15, 0.2) is 0 Å². The first kappa shape index (κ1) is 15.2. The molecule has 0 aliphatic heterocycles. The van der Waals surface area contributed by atoms with E-state index in [9.17, 15) is 23.3 Å². The van der Waals surface area contributed by atoms with Gasteiger partial charge in [-0.3, -0.25) is 10.1 Å². The first-order valence-electron chi connectivity index (χ1n) is 4.49. The molecule has 1 aromatic rings. The predicted octanol–water partition coefficient (Wildman–Crippen LogP) is 4.06. The van der Waals surface area contributed by atoms with E-state index in [1.54, 1.807) is 0 Å². The standard InChI is InChI=1S/C9H6Br2F3NO3/c10-6-2-1-5(15(16)17)3-7(6)18-4-8(11)9(12,13)14/h1-3,8H,4H2. The van der Waals surface area contributed by atoms with E-state index in [2.05, 4.69) is 31.9 Å². The van der Waals surface area contributed by atoms with Crippen molar-refractivity contribution in [2.45, 2.75) is 11.0 Å². The van der Waals surface area contributed by atoms with Crippen LogP contribution in [0, 0.1) is 10.1 Å². The van der Waals surface area contributed by atoms with Crippen LogP contribution >= 0.6 is 31.9 Å². The number of ether oxygens (including phenoxy) is 1. The monoisotopic (exact) mass is 391 g/mol. The predicted molar refractivity (Wildman–Crippen MR) is 65.1 cm³/mol. The van der Waals surface area contributed by atoms with Crippen molar-refractivity contribution in [3.8, 4) is 5.75 Å². The van der Waals surface area contributed by atoms with Crippen molar-refractivity contribution in [1.82, 2.24) is 0 Å².